The third-order valence-corrected chi connectivity index (χ3v) is 4.58. The number of aliphatic hydroxyl groups is 1. The average Bonchev–Trinajstić information content (AvgIpc) is 3.50. The van der Waals surface area contributed by atoms with Crippen molar-refractivity contribution in [2.24, 2.45) is 0 Å². The van der Waals surface area contributed by atoms with Crippen molar-refractivity contribution in [2.75, 3.05) is 18.5 Å². The number of hydrogen-bond donors (Lipinski definition) is 2. The van der Waals surface area contributed by atoms with Crippen LogP contribution >= 0.6 is 0 Å². The molecule has 1 unspecified atom stereocenters. The molecule has 2 aromatic carbocycles. The molecule has 0 heterocycles. The largest absolute Gasteiger partial charge is 0.387 e. The number of halogens is 1. The SMILES string of the molecule is CNC(=O)c1ccc(N(CC(O)c2ccc(F)cc2)C2CC2)c([N+](=O)[O-])c1. The van der Waals surface area contributed by atoms with Crippen molar-refractivity contribution in [2.45, 2.75) is 25.0 Å². The van der Waals surface area contributed by atoms with Gasteiger partial charge in [-0.05, 0) is 42.7 Å². The first kappa shape index (κ1) is 18.8. The average molecular weight is 373 g/mol. The minimum absolute atomic E-state index is 0.0876. The molecule has 8 heteroatoms. The van der Waals surface area contributed by atoms with E-state index in [2.05, 4.69) is 5.32 Å². The Kier molecular flexibility index (Phi) is 5.36. The maximum absolute atomic E-state index is 13.1. The van der Waals surface area contributed by atoms with Crippen LogP contribution in [0.5, 0.6) is 0 Å². The summed E-state index contributed by atoms with van der Waals surface area (Å²) in [5.74, 6) is -0.806. The zero-order valence-electron chi connectivity index (χ0n) is 14.8. The second kappa shape index (κ2) is 7.71. The van der Waals surface area contributed by atoms with Gasteiger partial charge in [-0.1, -0.05) is 12.1 Å². The molecule has 0 bridgehead atoms. The van der Waals surface area contributed by atoms with Crippen LogP contribution in [0.3, 0.4) is 0 Å². The molecular weight excluding hydrogens is 353 g/mol. The predicted octanol–water partition coefficient (Wildman–Crippen LogP) is 2.80. The van der Waals surface area contributed by atoms with E-state index >= 15 is 0 Å². The van der Waals surface area contributed by atoms with Crippen LogP contribution in [-0.4, -0.2) is 35.6 Å². The second-order valence-corrected chi connectivity index (χ2v) is 6.49. The summed E-state index contributed by atoms with van der Waals surface area (Å²) in [6.45, 7) is 0.135. The zero-order valence-corrected chi connectivity index (χ0v) is 14.8. The third-order valence-electron chi connectivity index (χ3n) is 4.58. The van der Waals surface area contributed by atoms with E-state index in [0.29, 0.717) is 11.3 Å². The molecule has 1 amide bonds. The monoisotopic (exact) mass is 373 g/mol. The molecule has 142 valence electrons. The Labute approximate surface area is 155 Å². The molecule has 3 rings (SSSR count). The first-order chi connectivity index (χ1) is 12.9. The maximum atomic E-state index is 13.1. The highest BCUT2D eigenvalue weighted by atomic mass is 19.1. The molecule has 0 aliphatic heterocycles. The van der Waals surface area contributed by atoms with E-state index < -0.39 is 22.8 Å². The van der Waals surface area contributed by atoms with Crippen LogP contribution in [0, 0.1) is 15.9 Å². The molecule has 7 nitrogen and oxygen atoms in total. The number of nitrogens with one attached hydrogen (secondary N) is 1. The standard InChI is InChI=1S/C19H20FN3O4/c1-21-19(25)13-4-9-16(17(10-13)23(26)27)22(15-7-8-15)11-18(24)12-2-5-14(20)6-3-12/h2-6,9-10,15,18,24H,7-8,11H2,1H3,(H,21,25). The Bertz CT molecular complexity index is 853. The molecule has 1 fully saturated rings. The summed E-state index contributed by atoms with van der Waals surface area (Å²) in [7, 11) is 1.46. The molecule has 0 aromatic heterocycles. The lowest BCUT2D eigenvalue weighted by atomic mass is 10.1. The molecule has 1 saturated carbocycles. The quantitative estimate of drug-likeness (QED) is 0.575. The molecule has 2 aromatic rings. The van der Waals surface area contributed by atoms with E-state index in [-0.39, 0.29) is 23.8 Å². The van der Waals surface area contributed by atoms with Crippen molar-refractivity contribution in [3.05, 3.63) is 69.5 Å². The number of nitro benzene ring substituents is 1. The van der Waals surface area contributed by atoms with Crippen LogP contribution in [0.25, 0.3) is 0 Å². The number of benzene rings is 2. The molecule has 1 aliphatic carbocycles. The molecule has 1 atom stereocenters. The van der Waals surface area contributed by atoms with Crippen LogP contribution in [0.4, 0.5) is 15.8 Å². The van der Waals surface area contributed by atoms with Crippen molar-refractivity contribution in [1.82, 2.24) is 5.32 Å². The minimum Gasteiger partial charge on any atom is -0.387 e. The number of rotatable bonds is 7. The Hall–Kier alpha value is -3.00. The van der Waals surface area contributed by atoms with E-state index in [1.807, 2.05) is 0 Å². The van der Waals surface area contributed by atoms with Gasteiger partial charge in [0, 0.05) is 31.3 Å². The van der Waals surface area contributed by atoms with Crippen LogP contribution in [0.2, 0.25) is 0 Å². The number of carbonyl (C=O) groups is 1. The number of nitrogens with zero attached hydrogens (tertiary/aromatic N) is 2. The third kappa shape index (κ3) is 4.22. The molecule has 0 spiro atoms. The summed E-state index contributed by atoms with van der Waals surface area (Å²) in [5, 5.41) is 24.5. The predicted molar refractivity (Wildman–Crippen MR) is 98.2 cm³/mol. The van der Waals surface area contributed by atoms with Gasteiger partial charge in [0.1, 0.15) is 11.5 Å². The number of hydrogen-bond acceptors (Lipinski definition) is 5. The van der Waals surface area contributed by atoms with E-state index in [9.17, 15) is 24.4 Å². The van der Waals surface area contributed by atoms with Gasteiger partial charge in [-0.3, -0.25) is 14.9 Å². The van der Waals surface area contributed by atoms with Gasteiger partial charge < -0.3 is 15.3 Å². The van der Waals surface area contributed by atoms with Crippen molar-refractivity contribution >= 4 is 17.3 Å². The van der Waals surface area contributed by atoms with Gasteiger partial charge in [-0.25, -0.2) is 4.39 Å². The minimum atomic E-state index is -0.926. The molecular formula is C19H20FN3O4. The molecule has 0 saturated heterocycles. The first-order valence-corrected chi connectivity index (χ1v) is 8.61. The first-order valence-electron chi connectivity index (χ1n) is 8.61. The molecule has 1 aliphatic rings. The topological polar surface area (TPSA) is 95.7 Å². The van der Waals surface area contributed by atoms with Gasteiger partial charge in [0.05, 0.1) is 11.0 Å². The summed E-state index contributed by atoms with van der Waals surface area (Å²) < 4.78 is 13.1. The molecule has 0 radical (unpaired) electrons. The van der Waals surface area contributed by atoms with Crippen molar-refractivity contribution in [3.8, 4) is 0 Å². The van der Waals surface area contributed by atoms with Crippen molar-refractivity contribution in [1.29, 1.82) is 0 Å². The number of amides is 1. The fourth-order valence-electron chi connectivity index (χ4n) is 3.01. The summed E-state index contributed by atoms with van der Waals surface area (Å²) >= 11 is 0. The summed E-state index contributed by atoms with van der Waals surface area (Å²) in [4.78, 5) is 24.6. The smallest absolute Gasteiger partial charge is 0.293 e. The molecule has 2 N–H and O–H groups in total. The van der Waals surface area contributed by atoms with E-state index in [0.717, 1.165) is 12.8 Å². The Balaban J connectivity index is 1.91. The van der Waals surface area contributed by atoms with Crippen LogP contribution in [-0.2, 0) is 0 Å². The van der Waals surface area contributed by atoms with Crippen LogP contribution in [0.15, 0.2) is 42.5 Å². The van der Waals surface area contributed by atoms with Gasteiger partial charge in [0.25, 0.3) is 11.6 Å². The summed E-state index contributed by atoms with van der Waals surface area (Å²) in [5.41, 5.74) is 0.903. The Morgan fingerprint density at radius 1 is 1.33 bits per heavy atom. The fourth-order valence-corrected chi connectivity index (χ4v) is 3.01. The van der Waals surface area contributed by atoms with E-state index in [4.69, 9.17) is 0 Å². The lowest BCUT2D eigenvalue weighted by Crippen LogP contribution is -2.31. The number of anilines is 1. The summed E-state index contributed by atoms with van der Waals surface area (Å²) in [6.07, 6.45) is 0.805. The second-order valence-electron chi connectivity index (χ2n) is 6.49. The van der Waals surface area contributed by atoms with Gasteiger partial charge in [0.15, 0.2) is 0 Å². The van der Waals surface area contributed by atoms with Gasteiger partial charge in [-0.2, -0.15) is 0 Å². The Morgan fingerprint density at radius 3 is 2.56 bits per heavy atom. The van der Waals surface area contributed by atoms with Crippen molar-refractivity contribution < 1.29 is 19.2 Å². The lowest BCUT2D eigenvalue weighted by molar-refractivity contribution is -0.384. The van der Waals surface area contributed by atoms with E-state index in [1.165, 1.54) is 43.4 Å². The Morgan fingerprint density at radius 2 is 2.00 bits per heavy atom. The number of aliphatic hydroxyl groups excluding tert-OH is 1. The number of carbonyl (C=O) groups excluding carboxylic acids is 1. The van der Waals surface area contributed by atoms with Gasteiger partial charge in [0.2, 0.25) is 0 Å². The normalized spacial score (nSPS) is 14.5. The van der Waals surface area contributed by atoms with Crippen LogP contribution < -0.4 is 10.2 Å². The lowest BCUT2D eigenvalue weighted by Gasteiger charge is -2.27. The molecule has 27 heavy (non-hydrogen) atoms. The van der Waals surface area contributed by atoms with E-state index in [1.54, 1.807) is 11.0 Å². The van der Waals surface area contributed by atoms with Crippen molar-refractivity contribution in [3.63, 3.8) is 0 Å². The fraction of sp³-hybridized carbons (Fsp3) is 0.316. The number of nitro groups is 1. The van der Waals surface area contributed by atoms with Gasteiger partial charge >= 0.3 is 0 Å². The van der Waals surface area contributed by atoms with Crippen LogP contribution in [0.1, 0.15) is 34.9 Å². The highest BCUT2D eigenvalue weighted by Gasteiger charge is 2.34. The maximum Gasteiger partial charge on any atom is 0.293 e. The highest BCUT2D eigenvalue weighted by Crippen LogP contribution is 2.38. The highest BCUT2D eigenvalue weighted by molar-refractivity contribution is 5.95. The van der Waals surface area contributed by atoms with Gasteiger partial charge in [-0.15, -0.1) is 0 Å². The summed E-state index contributed by atoms with van der Waals surface area (Å²) in [6, 6.07) is 9.92. The zero-order chi connectivity index (χ0) is 19.6.